The lowest BCUT2D eigenvalue weighted by Gasteiger charge is -2.47. The minimum Gasteiger partial charge on any atom is -0.369 e. The van der Waals surface area contributed by atoms with Crippen molar-refractivity contribution in [2.45, 2.75) is 38.5 Å². The summed E-state index contributed by atoms with van der Waals surface area (Å²) in [6, 6.07) is 0. The molecule has 1 aliphatic heterocycles. The molecule has 0 radical (unpaired) electrons. The number of piperidine rings is 1. The molecule has 4 rings (SSSR count). The predicted molar refractivity (Wildman–Crippen MR) is 77.8 cm³/mol. The van der Waals surface area contributed by atoms with E-state index in [4.69, 9.17) is 11.5 Å². The second kappa shape index (κ2) is 4.22. The van der Waals surface area contributed by atoms with Gasteiger partial charge in [-0.15, -0.1) is 0 Å². The molecule has 0 aromatic heterocycles. The molecule has 4 atom stereocenters. The minimum atomic E-state index is -0.659. The van der Waals surface area contributed by atoms with E-state index in [0.717, 1.165) is 51.6 Å². The number of nitrogens with two attached hydrogens (primary N) is 2. The summed E-state index contributed by atoms with van der Waals surface area (Å²) in [5.41, 5.74) is 11.3. The van der Waals surface area contributed by atoms with E-state index in [1.807, 2.05) is 0 Å². The van der Waals surface area contributed by atoms with E-state index in [-0.39, 0.29) is 29.1 Å². The van der Waals surface area contributed by atoms with Crippen LogP contribution in [0.4, 0.5) is 0 Å². The van der Waals surface area contributed by atoms with Gasteiger partial charge in [-0.3, -0.25) is 9.59 Å². The summed E-state index contributed by atoms with van der Waals surface area (Å²) in [5, 5.41) is 3.35. The van der Waals surface area contributed by atoms with Crippen LogP contribution in [0, 0.1) is 34.5 Å². The topological polar surface area (TPSA) is 98.2 Å². The highest BCUT2D eigenvalue weighted by atomic mass is 16.2. The highest BCUT2D eigenvalue weighted by molar-refractivity contribution is 5.91. The average Bonchev–Trinajstić information content (AvgIpc) is 3.13. The largest absolute Gasteiger partial charge is 0.369 e. The molecule has 21 heavy (non-hydrogen) atoms. The molecule has 4 aliphatic rings. The molecule has 1 heterocycles. The molecular formula is C16H25N3O2. The molecule has 3 saturated carbocycles. The third-order valence-corrected chi connectivity index (χ3v) is 7.27. The second-order valence-electron chi connectivity index (χ2n) is 7.67. The van der Waals surface area contributed by atoms with Gasteiger partial charge in [0.15, 0.2) is 0 Å². The molecule has 5 N–H and O–H groups in total. The van der Waals surface area contributed by atoms with Crippen LogP contribution in [0.3, 0.4) is 0 Å². The number of carbonyl (C=O) groups excluding carboxylic acids is 2. The smallest absolute Gasteiger partial charge is 0.225 e. The minimum absolute atomic E-state index is 0.222. The maximum absolute atomic E-state index is 12.6. The van der Waals surface area contributed by atoms with Crippen LogP contribution >= 0.6 is 0 Å². The molecule has 1 saturated heterocycles. The first kappa shape index (κ1) is 13.6. The van der Waals surface area contributed by atoms with Crippen LogP contribution in [-0.2, 0) is 9.59 Å². The summed E-state index contributed by atoms with van der Waals surface area (Å²) < 4.78 is 0. The van der Waals surface area contributed by atoms with Crippen molar-refractivity contribution >= 4 is 11.8 Å². The summed E-state index contributed by atoms with van der Waals surface area (Å²) in [7, 11) is 0. The number of carbonyl (C=O) groups is 2. The quantitative estimate of drug-likeness (QED) is 0.701. The highest BCUT2D eigenvalue weighted by Gasteiger charge is 2.78. The Kier molecular flexibility index (Phi) is 2.72. The summed E-state index contributed by atoms with van der Waals surface area (Å²) in [4.78, 5) is 24.9. The Morgan fingerprint density at radius 3 is 2.19 bits per heavy atom. The van der Waals surface area contributed by atoms with Gasteiger partial charge in [0.2, 0.25) is 11.8 Å². The van der Waals surface area contributed by atoms with E-state index < -0.39 is 5.41 Å². The van der Waals surface area contributed by atoms with Gasteiger partial charge < -0.3 is 16.8 Å². The van der Waals surface area contributed by atoms with Crippen LogP contribution < -0.4 is 16.8 Å². The van der Waals surface area contributed by atoms with E-state index in [9.17, 15) is 9.59 Å². The molecule has 116 valence electrons. The number of amides is 2. The first-order chi connectivity index (χ1) is 10.0. The number of nitrogens with one attached hydrogen (secondary N) is 1. The van der Waals surface area contributed by atoms with Crippen molar-refractivity contribution in [3.8, 4) is 0 Å². The van der Waals surface area contributed by atoms with Crippen LogP contribution in [0.2, 0.25) is 0 Å². The Balaban J connectivity index is 1.83. The van der Waals surface area contributed by atoms with E-state index in [2.05, 4.69) is 5.32 Å². The van der Waals surface area contributed by atoms with Gasteiger partial charge in [-0.1, -0.05) is 0 Å². The van der Waals surface area contributed by atoms with Crippen LogP contribution in [0.5, 0.6) is 0 Å². The van der Waals surface area contributed by atoms with Crippen molar-refractivity contribution in [1.82, 2.24) is 5.32 Å². The fourth-order valence-corrected chi connectivity index (χ4v) is 6.60. The zero-order chi connectivity index (χ0) is 14.8. The van der Waals surface area contributed by atoms with Crippen molar-refractivity contribution in [1.29, 1.82) is 0 Å². The standard InChI is InChI=1S/C16H25N3O2/c17-13(20)12-10-1-2-11(15(10)5-6-15)16(12,14(18)21)9-3-7-19-8-4-9/h9-12,19H,1-8H2,(H2,17,20)(H2,18,21). The zero-order valence-corrected chi connectivity index (χ0v) is 12.4. The predicted octanol–water partition coefficient (Wildman–Crippen LogP) is 0.379. The Bertz CT molecular complexity index is 496. The fraction of sp³-hybridized carbons (Fsp3) is 0.875. The molecule has 2 bridgehead atoms. The average molecular weight is 291 g/mol. The monoisotopic (exact) mass is 291 g/mol. The summed E-state index contributed by atoms with van der Waals surface area (Å²) in [6.45, 7) is 1.82. The van der Waals surface area contributed by atoms with Gasteiger partial charge in [-0.2, -0.15) is 0 Å². The molecular weight excluding hydrogens is 266 g/mol. The molecule has 3 aliphatic carbocycles. The van der Waals surface area contributed by atoms with E-state index in [0.29, 0.717) is 11.8 Å². The number of rotatable bonds is 3. The molecule has 4 fully saturated rings. The Morgan fingerprint density at radius 1 is 1.00 bits per heavy atom. The molecule has 5 heteroatoms. The van der Waals surface area contributed by atoms with Crippen LogP contribution in [0.15, 0.2) is 0 Å². The van der Waals surface area contributed by atoms with Crippen molar-refractivity contribution < 1.29 is 9.59 Å². The first-order valence-electron chi connectivity index (χ1n) is 8.35. The second-order valence-corrected chi connectivity index (χ2v) is 7.67. The van der Waals surface area contributed by atoms with Gasteiger partial charge in [0.25, 0.3) is 0 Å². The maximum Gasteiger partial charge on any atom is 0.225 e. The SMILES string of the molecule is NC(=O)C1C2CCC(C23CC3)C1(C(N)=O)C1CCNCC1. The van der Waals surface area contributed by atoms with Crippen molar-refractivity contribution in [3.63, 3.8) is 0 Å². The molecule has 0 aromatic carbocycles. The van der Waals surface area contributed by atoms with E-state index in [1.165, 1.54) is 0 Å². The molecule has 5 nitrogen and oxygen atoms in total. The number of primary amides is 2. The Hall–Kier alpha value is -1.10. The maximum atomic E-state index is 12.6. The summed E-state index contributed by atoms with van der Waals surface area (Å²) in [6.07, 6.45) is 6.30. The summed E-state index contributed by atoms with van der Waals surface area (Å²) >= 11 is 0. The van der Waals surface area contributed by atoms with Gasteiger partial charge >= 0.3 is 0 Å². The Labute approximate surface area is 125 Å². The van der Waals surface area contributed by atoms with Gasteiger partial charge in [-0.05, 0) is 74.8 Å². The zero-order valence-electron chi connectivity index (χ0n) is 12.4. The lowest BCUT2D eigenvalue weighted by molar-refractivity contribution is -0.149. The van der Waals surface area contributed by atoms with Crippen LogP contribution in [0.1, 0.15) is 38.5 Å². The lowest BCUT2D eigenvalue weighted by atomic mass is 9.56. The number of hydrogen-bond donors (Lipinski definition) is 3. The van der Waals surface area contributed by atoms with E-state index in [1.54, 1.807) is 0 Å². The van der Waals surface area contributed by atoms with Crippen LogP contribution in [0.25, 0.3) is 0 Å². The van der Waals surface area contributed by atoms with Crippen molar-refractivity contribution in [2.75, 3.05) is 13.1 Å². The molecule has 2 amide bonds. The molecule has 0 aromatic rings. The normalized spacial score (nSPS) is 44.1. The van der Waals surface area contributed by atoms with Crippen molar-refractivity contribution in [3.05, 3.63) is 0 Å². The van der Waals surface area contributed by atoms with Gasteiger partial charge in [0.1, 0.15) is 0 Å². The van der Waals surface area contributed by atoms with Gasteiger partial charge in [0.05, 0.1) is 11.3 Å². The van der Waals surface area contributed by atoms with E-state index >= 15 is 0 Å². The summed E-state index contributed by atoms with van der Waals surface area (Å²) in [5.74, 6) is -0.0288. The van der Waals surface area contributed by atoms with Gasteiger partial charge in [0, 0.05) is 0 Å². The Morgan fingerprint density at radius 2 is 1.67 bits per heavy atom. The molecule has 4 unspecified atom stereocenters. The third kappa shape index (κ3) is 1.46. The number of hydrogen-bond acceptors (Lipinski definition) is 3. The van der Waals surface area contributed by atoms with Gasteiger partial charge in [-0.25, -0.2) is 0 Å². The highest BCUT2D eigenvalue weighted by Crippen LogP contribution is 2.79. The third-order valence-electron chi connectivity index (χ3n) is 7.27. The first-order valence-corrected chi connectivity index (χ1v) is 8.35. The fourth-order valence-electron chi connectivity index (χ4n) is 6.60. The molecule has 1 spiro atoms. The lowest BCUT2D eigenvalue weighted by Crippen LogP contribution is -2.57. The van der Waals surface area contributed by atoms with Crippen LogP contribution in [-0.4, -0.2) is 24.9 Å². The van der Waals surface area contributed by atoms with Crippen molar-refractivity contribution in [2.24, 2.45) is 46.0 Å².